The summed E-state index contributed by atoms with van der Waals surface area (Å²) in [6, 6.07) is 20.9. The minimum Gasteiger partial charge on any atom is -0.371 e. The van der Waals surface area contributed by atoms with Crippen molar-refractivity contribution in [3.05, 3.63) is 87.9 Å². The van der Waals surface area contributed by atoms with E-state index in [0.717, 1.165) is 112 Å². The van der Waals surface area contributed by atoms with Gasteiger partial charge in [0.05, 0.1) is 21.7 Å². The Morgan fingerprint density at radius 3 is 2.10 bits per heavy atom. The summed E-state index contributed by atoms with van der Waals surface area (Å²) >= 11 is 6.38. The molecule has 0 saturated carbocycles. The van der Waals surface area contributed by atoms with Crippen molar-refractivity contribution in [3.63, 3.8) is 0 Å². The number of rotatable bonds is 7. The van der Waals surface area contributed by atoms with Crippen LogP contribution in [-0.4, -0.2) is 122 Å². The minimum absolute atomic E-state index is 0.0876. The summed E-state index contributed by atoms with van der Waals surface area (Å²) in [6.07, 6.45) is 5.58. The van der Waals surface area contributed by atoms with E-state index in [1.807, 2.05) is 41.3 Å². The van der Waals surface area contributed by atoms with Crippen molar-refractivity contribution < 1.29 is 24.0 Å². The highest BCUT2D eigenvalue weighted by atomic mass is 35.5. The van der Waals surface area contributed by atoms with Crippen molar-refractivity contribution in [1.82, 2.24) is 20.0 Å². The zero-order valence-electron chi connectivity index (χ0n) is 34.1. The average Bonchev–Trinajstić information content (AvgIpc) is 3.71. The lowest BCUT2D eigenvalue weighted by Gasteiger charge is -2.44. The second-order valence-corrected chi connectivity index (χ2v) is 17.9. The van der Waals surface area contributed by atoms with Gasteiger partial charge < -0.3 is 19.6 Å². The molecule has 2 unspecified atom stereocenters. The fraction of sp³-hybridized carbons (Fsp3) is 0.478. The van der Waals surface area contributed by atoms with Gasteiger partial charge in [0.1, 0.15) is 12.1 Å². The van der Waals surface area contributed by atoms with Crippen LogP contribution in [0, 0.1) is 22.7 Å². The zero-order valence-corrected chi connectivity index (χ0v) is 34.8. The number of hydrogen-bond acceptors (Lipinski definition) is 10. The lowest BCUT2D eigenvalue weighted by Crippen LogP contribution is -2.54. The maximum Gasteiger partial charge on any atom is 0.262 e. The maximum absolute atomic E-state index is 13.6. The number of fused-ring (bicyclic) bond motifs is 1. The first-order valence-electron chi connectivity index (χ1n) is 21.5. The number of halogens is 1. The molecule has 6 aliphatic rings. The molecule has 2 atom stereocenters. The quantitative estimate of drug-likeness (QED) is 0.317. The third kappa shape index (κ3) is 7.38. The molecule has 6 aliphatic heterocycles. The molecular formula is C46H51ClN8O5. The number of nitriles is 1. The summed E-state index contributed by atoms with van der Waals surface area (Å²) in [4.78, 5) is 76.8. The lowest BCUT2D eigenvalue weighted by molar-refractivity contribution is -0.136. The van der Waals surface area contributed by atoms with E-state index >= 15 is 0 Å². The highest BCUT2D eigenvalue weighted by molar-refractivity contribution is 6.32. The predicted molar refractivity (Wildman–Crippen MR) is 228 cm³/mol. The molecule has 5 fully saturated rings. The maximum atomic E-state index is 13.6. The van der Waals surface area contributed by atoms with Crippen LogP contribution >= 0.6 is 11.6 Å². The predicted octanol–water partition coefficient (Wildman–Crippen LogP) is 5.17. The Hall–Kier alpha value is -5.45. The molecule has 0 aromatic heterocycles. The number of anilines is 3. The van der Waals surface area contributed by atoms with Gasteiger partial charge in [-0.3, -0.25) is 39.1 Å². The zero-order chi connectivity index (χ0) is 41.7. The van der Waals surface area contributed by atoms with Crippen LogP contribution in [0.5, 0.6) is 0 Å². The molecule has 5 amide bonds. The molecule has 60 heavy (non-hydrogen) atoms. The van der Waals surface area contributed by atoms with Crippen molar-refractivity contribution in [2.45, 2.75) is 64.0 Å². The van der Waals surface area contributed by atoms with Gasteiger partial charge in [0.15, 0.2) is 0 Å². The normalized spacial score (nSPS) is 23.6. The highest BCUT2D eigenvalue weighted by Gasteiger charge is 2.47. The first-order chi connectivity index (χ1) is 29.0. The van der Waals surface area contributed by atoms with Crippen molar-refractivity contribution in [3.8, 4) is 6.07 Å². The number of nitrogens with zero attached hydrogens (tertiary/aromatic N) is 7. The van der Waals surface area contributed by atoms with E-state index in [1.54, 1.807) is 12.1 Å². The van der Waals surface area contributed by atoms with Crippen LogP contribution in [-0.2, 0) is 9.59 Å². The minimum atomic E-state index is -0.973. The van der Waals surface area contributed by atoms with Crippen LogP contribution in [0.4, 0.5) is 17.1 Å². The van der Waals surface area contributed by atoms with E-state index in [9.17, 15) is 29.2 Å². The number of carbonyl (C=O) groups excluding carboxylic acids is 5. The van der Waals surface area contributed by atoms with Gasteiger partial charge in [-0.1, -0.05) is 11.6 Å². The first kappa shape index (κ1) is 40.0. The Kier molecular flexibility index (Phi) is 10.8. The number of benzene rings is 3. The molecule has 0 radical (unpaired) electrons. The van der Waals surface area contributed by atoms with Gasteiger partial charge in [0.25, 0.3) is 17.7 Å². The number of imide groups is 2. The van der Waals surface area contributed by atoms with E-state index < -0.39 is 29.7 Å². The van der Waals surface area contributed by atoms with E-state index in [1.165, 1.54) is 0 Å². The molecule has 3 aromatic rings. The molecule has 312 valence electrons. The SMILES string of the molecule is CC1N(c2ccc(C#N)c(Cl)c2)CCC12CCN(c1ccc(C(=O)N3CCN(CC4CCN(c5ccc6c(c5)C(=O)N(C5CCC(=O)NC5=O)C6=O)CC4)CC3)cc1)CC2. The van der Waals surface area contributed by atoms with Crippen LogP contribution in [0.25, 0.3) is 0 Å². The van der Waals surface area contributed by atoms with Crippen molar-refractivity contribution in [2.24, 2.45) is 11.3 Å². The Morgan fingerprint density at radius 2 is 1.42 bits per heavy atom. The second-order valence-electron chi connectivity index (χ2n) is 17.5. The summed E-state index contributed by atoms with van der Waals surface area (Å²) < 4.78 is 0. The molecule has 0 bridgehead atoms. The molecule has 1 spiro atoms. The van der Waals surface area contributed by atoms with Crippen molar-refractivity contribution >= 4 is 58.2 Å². The summed E-state index contributed by atoms with van der Waals surface area (Å²) in [5.41, 5.74) is 5.23. The van der Waals surface area contributed by atoms with Crippen LogP contribution in [0.15, 0.2) is 60.7 Å². The summed E-state index contributed by atoms with van der Waals surface area (Å²) in [7, 11) is 0. The van der Waals surface area contributed by atoms with E-state index in [0.29, 0.717) is 46.8 Å². The second kappa shape index (κ2) is 16.2. The monoisotopic (exact) mass is 830 g/mol. The number of nitrogens with one attached hydrogen (secondary N) is 1. The Morgan fingerprint density at radius 1 is 0.767 bits per heavy atom. The van der Waals surface area contributed by atoms with Gasteiger partial charge in [-0.05, 0) is 117 Å². The van der Waals surface area contributed by atoms with E-state index in [2.05, 4.69) is 50.0 Å². The van der Waals surface area contributed by atoms with Crippen LogP contribution < -0.4 is 20.0 Å². The number of piperazine rings is 1. The summed E-state index contributed by atoms with van der Waals surface area (Å²) in [6.45, 7) is 11.0. The molecule has 3 aromatic carbocycles. The summed E-state index contributed by atoms with van der Waals surface area (Å²) in [5.74, 6) is -1.36. The molecule has 6 heterocycles. The standard InChI is InChI=1S/C46H51ClN8O5/c1-30-46(16-21-54(30)36-7-4-33(28-48)39(47)27-36)14-19-52(20-15-46)34-5-2-32(3-6-34)43(58)53-24-22-50(23-25-53)29-31-12-17-51(18-13-31)35-8-9-37-38(26-35)45(60)55(44(37)59)40-10-11-41(56)49-42(40)57/h2-9,26-27,30-31,40H,10-25,29H2,1H3,(H,49,56,57). The number of piperidine rings is 3. The number of amides is 5. The lowest BCUT2D eigenvalue weighted by atomic mass is 9.73. The molecular weight excluding hydrogens is 780 g/mol. The molecule has 0 aliphatic carbocycles. The van der Waals surface area contributed by atoms with Gasteiger partial charge >= 0.3 is 0 Å². The van der Waals surface area contributed by atoms with Gasteiger partial charge in [0, 0.05) is 101 Å². The van der Waals surface area contributed by atoms with Crippen LogP contribution in [0.2, 0.25) is 5.02 Å². The van der Waals surface area contributed by atoms with Gasteiger partial charge in [0.2, 0.25) is 11.8 Å². The van der Waals surface area contributed by atoms with Crippen molar-refractivity contribution in [2.75, 3.05) is 80.1 Å². The highest BCUT2D eigenvalue weighted by Crippen LogP contribution is 2.47. The average molecular weight is 831 g/mol. The van der Waals surface area contributed by atoms with E-state index in [-0.39, 0.29) is 24.2 Å². The van der Waals surface area contributed by atoms with Gasteiger partial charge in [-0.15, -0.1) is 0 Å². The van der Waals surface area contributed by atoms with Crippen LogP contribution in [0.3, 0.4) is 0 Å². The topological polar surface area (TPSA) is 141 Å². The molecule has 1 N–H and O–H groups in total. The fourth-order valence-corrected chi connectivity index (χ4v) is 10.8. The fourth-order valence-electron chi connectivity index (χ4n) is 10.6. The third-order valence-electron chi connectivity index (χ3n) is 14.4. The van der Waals surface area contributed by atoms with Gasteiger partial charge in [-0.2, -0.15) is 5.26 Å². The molecule has 5 saturated heterocycles. The molecule has 9 rings (SSSR count). The largest absolute Gasteiger partial charge is 0.371 e. The first-order valence-corrected chi connectivity index (χ1v) is 21.8. The Labute approximate surface area is 355 Å². The van der Waals surface area contributed by atoms with Gasteiger partial charge in [-0.25, -0.2) is 0 Å². The number of hydrogen-bond donors (Lipinski definition) is 1. The molecule has 13 nitrogen and oxygen atoms in total. The Balaban J connectivity index is 0.718. The Bertz CT molecular complexity index is 2250. The smallest absolute Gasteiger partial charge is 0.262 e. The van der Waals surface area contributed by atoms with E-state index in [4.69, 9.17) is 11.6 Å². The van der Waals surface area contributed by atoms with Crippen molar-refractivity contribution in [1.29, 1.82) is 5.26 Å². The van der Waals surface area contributed by atoms with Crippen LogP contribution in [0.1, 0.15) is 88.5 Å². The number of carbonyl (C=O) groups is 5. The summed E-state index contributed by atoms with van der Waals surface area (Å²) in [5, 5.41) is 12.0. The molecule has 14 heteroatoms. The third-order valence-corrected chi connectivity index (χ3v) is 14.7.